The minimum absolute atomic E-state index is 0.128. The maximum absolute atomic E-state index is 13.3. The summed E-state index contributed by atoms with van der Waals surface area (Å²) in [6, 6.07) is 14.0. The lowest BCUT2D eigenvalue weighted by Crippen LogP contribution is -2.51. The normalized spacial score (nSPS) is 11.6. The number of ether oxygens (including phenoxy) is 1. The number of benzene rings is 2. The zero-order valence-corrected chi connectivity index (χ0v) is 18.5. The summed E-state index contributed by atoms with van der Waals surface area (Å²) in [5, 5.41) is 6.52. The maximum Gasteiger partial charge on any atom is 0.245 e. The molecule has 168 valence electrons. The van der Waals surface area contributed by atoms with E-state index >= 15 is 0 Å². The molecule has 0 saturated heterocycles. The maximum atomic E-state index is 13.3. The third-order valence-corrected chi connectivity index (χ3v) is 5.16. The van der Waals surface area contributed by atoms with Crippen LogP contribution in [-0.4, -0.2) is 53.8 Å². The lowest BCUT2D eigenvalue weighted by atomic mass is 10.0. The van der Waals surface area contributed by atoms with E-state index in [1.165, 1.54) is 11.8 Å². The molecule has 2 aromatic carbocycles. The lowest BCUT2D eigenvalue weighted by molar-refractivity contribution is -0.138. The van der Waals surface area contributed by atoms with Crippen molar-refractivity contribution in [3.63, 3.8) is 0 Å². The van der Waals surface area contributed by atoms with Crippen molar-refractivity contribution in [2.24, 2.45) is 0 Å². The molecule has 0 aliphatic rings. The molecule has 3 N–H and O–H groups in total. The molecule has 1 unspecified atom stereocenters. The minimum atomic E-state index is -0.781. The average molecular weight is 437 g/mol. The summed E-state index contributed by atoms with van der Waals surface area (Å²) in [6.45, 7) is 3.37. The van der Waals surface area contributed by atoms with Gasteiger partial charge >= 0.3 is 0 Å². The Labute approximate surface area is 186 Å². The van der Waals surface area contributed by atoms with Crippen molar-refractivity contribution in [1.82, 2.24) is 15.2 Å². The van der Waals surface area contributed by atoms with Gasteiger partial charge in [-0.2, -0.15) is 0 Å². The summed E-state index contributed by atoms with van der Waals surface area (Å²) in [6.07, 6.45) is 2.16. The summed E-state index contributed by atoms with van der Waals surface area (Å²) in [5.41, 5.74) is 2.46. The van der Waals surface area contributed by atoms with Crippen molar-refractivity contribution >= 4 is 34.3 Å². The smallest absolute Gasteiger partial charge is 0.245 e. The number of likely N-dealkylation sites (N-methyl/N-ethyl adjacent to an activating group) is 1. The third kappa shape index (κ3) is 5.66. The van der Waals surface area contributed by atoms with E-state index in [4.69, 9.17) is 4.74 Å². The van der Waals surface area contributed by atoms with Crippen LogP contribution in [0.1, 0.15) is 19.4 Å². The summed E-state index contributed by atoms with van der Waals surface area (Å²) in [5.74, 6) is -0.327. The van der Waals surface area contributed by atoms with Gasteiger partial charge in [0.25, 0.3) is 0 Å². The Morgan fingerprint density at radius 2 is 1.91 bits per heavy atom. The van der Waals surface area contributed by atoms with Gasteiger partial charge in [0, 0.05) is 48.7 Å². The number of amides is 3. The lowest BCUT2D eigenvalue weighted by Gasteiger charge is -2.26. The van der Waals surface area contributed by atoms with Crippen LogP contribution < -0.4 is 15.4 Å². The summed E-state index contributed by atoms with van der Waals surface area (Å²) in [4.78, 5) is 42.3. The second-order valence-electron chi connectivity index (χ2n) is 7.45. The molecule has 0 fully saturated rings. The van der Waals surface area contributed by atoms with Crippen LogP contribution in [-0.2, 0) is 20.8 Å². The minimum Gasteiger partial charge on any atom is -0.497 e. The van der Waals surface area contributed by atoms with Crippen molar-refractivity contribution in [3.05, 3.63) is 60.3 Å². The molecule has 1 heterocycles. The number of carbonyl (C=O) groups is 3. The van der Waals surface area contributed by atoms with Crippen LogP contribution in [0.4, 0.5) is 5.69 Å². The number of methoxy groups -OCH3 is 1. The number of aromatic nitrogens is 1. The van der Waals surface area contributed by atoms with Crippen molar-refractivity contribution in [2.75, 3.05) is 25.5 Å². The van der Waals surface area contributed by atoms with Gasteiger partial charge in [0.2, 0.25) is 17.7 Å². The number of hydrogen-bond donors (Lipinski definition) is 3. The number of fused-ring (bicyclic) bond motifs is 1. The van der Waals surface area contributed by atoms with Crippen LogP contribution in [0.15, 0.2) is 54.7 Å². The zero-order chi connectivity index (χ0) is 23.1. The fraction of sp³-hybridized carbons (Fsp3) is 0.292. The first-order chi connectivity index (χ1) is 15.4. The highest BCUT2D eigenvalue weighted by atomic mass is 16.5. The van der Waals surface area contributed by atoms with Gasteiger partial charge in [-0.3, -0.25) is 14.4 Å². The third-order valence-electron chi connectivity index (χ3n) is 5.16. The van der Waals surface area contributed by atoms with E-state index in [1.807, 2.05) is 30.5 Å². The number of nitrogens with zero attached hydrogens (tertiary/aromatic N) is 1. The molecule has 3 amide bonds. The quantitative estimate of drug-likeness (QED) is 0.480. The van der Waals surface area contributed by atoms with E-state index in [0.717, 1.165) is 16.5 Å². The molecule has 0 spiro atoms. The van der Waals surface area contributed by atoms with Crippen molar-refractivity contribution in [3.8, 4) is 5.75 Å². The molecule has 0 bridgehead atoms. The highest BCUT2D eigenvalue weighted by molar-refractivity contribution is 5.96. The van der Waals surface area contributed by atoms with Gasteiger partial charge in [-0.05, 0) is 30.7 Å². The average Bonchev–Trinajstić information content (AvgIpc) is 3.19. The van der Waals surface area contributed by atoms with Gasteiger partial charge in [0.1, 0.15) is 11.8 Å². The molecule has 3 rings (SSSR count). The van der Waals surface area contributed by atoms with E-state index in [0.29, 0.717) is 24.4 Å². The number of H-pyrrole nitrogens is 1. The van der Waals surface area contributed by atoms with Gasteiger partial charge in [-0.25, -0.2) is 0 Å². The summed E-state index contributed by atoms with van der Waals surface area (Å²) in [7, 11) is 1.55. The predicted molar refractivity (Wildman–Crippen MR) is 123 cm³/mol. The van der Waals surface area contributed by atoms with Gasteiger partial charge in [0.05, 0.1) is 13.7 Å². The van der Waals surface area contributed by atoms with E-state index in [1.54, 1.807) is 38.3 Å². The second-order valence-corrected chi connectivity index (χ2v) is 7.45. The first-order valence-corrected chi connectivity index (χ1v) is 10.5. The highest BCUT2D eigenvalue weighted by Gasteiger charge is 2.27. The highest BCUT2D eigenvalue weighted by Crippen LogP contribution is 2.20. The standard InChI is InChI=1S/C24H28N4O4/c1-4-28(15-23(30)27-18-8-7-9-19(13-18)32-3)24(31)22(26-16(2)29)12-17-14-25-21-11-6-5-10-20(17)21/h5-11,13-14,22,25H,4,12,15H2,1-3H3,(H,26,29)(H,27,30). The molecule has 8 heteroatoms. The monoisotopic (exact) mass is 436 g/mol. The number of aromatic amines is 1. The SMILES string of the molecule is CCN(CC(=O)Nc1cccc(OC)c1)C(=O)C(Cc1c[nH]c2ccccc12)NC(C)=O. The Balaban J connectivity index is 1.72. The Kier molecular flexibility index (Phi) is 7.49. The molecule has 8 nitrogen and oxygen atoms in total. The molecule has 0 aliphatic carbocycles. The van der Waals surface area contributed by atoms with Gasteiger partial charge < -0.3 is 25.3 Å². The first-order valence-electron chi connectivity index (χ1n) is 10.5. The Hall–Kier alpha value is -3.81. The number of hydrogen-bond acceptors (Lipinski definition) is 4. The van der Waals surface area contributed by atoms with Crippen molar-refractivity contribution in [2.45, 2.75) is 26.3 Å². The van der Waals surface area contributed by atoms with Crippen LogP contribution in [0.25, 0.3) is 10.9 Å². The molecular weight excluding hydrogens is 408 g/mol. The van der Waals surface area contributed by atoms with E-state index in [2.05, 4.69) is 15.6 Å². The van der Waals surface area contributed by atoms with Crippen LogP contribution in [0.3, 0.4) is 0 Å². The fourth-order valence-electron chi connectivity index (χ4n) is 3.61. The molecule has 0 saturated carbocycles. The second kappa shape index (κ2) is 10.5. The number of carbonyl (C=O) groups excluding carboxylic acids is 3. The molecule has 0 aliphatic heterocycles. The predicted octanol–water partition coefficient (Wildman–Crippen LogP) is 2.71. The Morgan fingerprint density at radius 3 is 2.62 bits per heavy atom. The van der Waals surface area contributed by atoms with Gasteiger partial charge in [-0.15, -0.1) is 0 Å². The largest absolute Gasteiger partial charge is 0.497 e. The Morgan fingerprint density at radius 1 is 1.12 bits per heavy atom. The van der Waals surface area contributed by atoms with Gasteiger partial charge in [0.15, 0.2) is 0 Å². The van der Waals surface area contributed by atoms with Crippen LogP contribution in [0, 0.1) is 0 Å². The van der Waals surface area contributed by atoms with Crippen molar-refractivity contribution < 1.29 is 19.1 Å². The fourth-order valence-corrected chi connectivity index (χ4v) is 3.61. The number of anilines is 1. The van der Waals surface area contributed by atoms with Gasteiger partial charge in [-0.1, -0.05) is 24.3 Å². The molecule has 1 atom stereocenters. The molecule has 1 aromatic heterocycles. The molecule has 0 radical (unpaired) electrons. The number of para-hydroxylation sites is 1. The molecular formula is C24H28N4O4. The molecule has 3 aromatic rings. The zero-order valence-electron chi connectivity index (χ0n) is 18.5. The summed E-state index contributed by atoms with van der Waals surface area (Å²) >= 11 is 0. The summed E-state index contributed by atoms with van der Waals surface area (Å²) < 4.78 is 5.17. The number of nitrogens with one attached hydrogen (secondary N) is 3. The number of rotatable bonds is 9. The van der Waals surface area contributed by atoms with Crippen molar-refractivity contribution in [1.29, 1.82) is 0 Å². The van der Waals surface area contributed by atoms with Crippen LogP contribution >= 0.6 is 0 Å². The Bertz CT molecular complexity index is 1110. The van der Waals surface area contributed by atoms with E-state index < -0.39 is 6.04 Å². The van der Waals surface area contributed by atoms with E-state index in [9.17, 15) is 14.4 Å². The van der Waals surface area contributed by atoms with E-state index in [-0.39, 0.29) is 24.3 Å². The van der Waals surface area contributed by atoms with Crippen LogP contribution in [0.2, 0.25) is 0 Å². The first kappa shape index (κ1) is 22.9. The molecule has 32 heavy (non-hydrogen) atoms. The van der Waals surface area contributed by atoms with Crippen LogP contribution in [0.5, 0.6) is 5.75 Å². The topological polar surface area (TPSA) is 104 Å².